The van der Waals surface area contributed by atoms with Crippen molar-refractivity contribution in [1.82, 2.24) is 0 Å². The Hall–Kier alpha value is -2.06. The van der Waals surface area contributed by atoms with Gasteiger partial charge in [0.1, 0.15) is 11.7 Å². The first kappa shape index (κ1) is 11.1. The SMILES string of the molecule is Cc1ccccc1C(O)c1coc2ccccc12. The van der Waals surface area contributed by atoms with Crippen LogP contribution in [0.15, 0.2) is 59.2 Å². The molecule has 1 atom stereocenters. The number of hydrogen-bond donors (Lipinski definition) is 1. The van der Waals surface area contributed by atoms with Crippen LogP contribution >= 0.6 is 0 Å². The highest BCUT2D eigenvalue weighted by atomic mass is 16.3. The molecule has 1 aromatic heterocycles. The fraction of sp³-hybridized carbons (Fsp3) is 0.125. The monoisotopic (exact) mass is 238 g/mol. The van der Waals surface area contributed by atoms with Crippen LogP contribution in [0.3, 0.4) is 0 Å². The lowest BCUT2D eigenvalue weighted by molar-refractivity contribution is 0.220. The van der Waals surface area contributed by atoms with Gasteiger partial charge in [-0.05, 0) is 24.1 Å². The normalized spacial score (nSPS) is 12.8. The van der Waals surface area contributed by atoms with Gasteiger partial charge in [0, 0.05) is 10.9 Å². The summed E-state index contributed by atoms with van der Waals surface area (Å²) < 4.78 is 5.47. The maximum atomic E-state index is 10.5. The van der Waals surface area contributed by atoms with Gasteiger partial charge < -0.3 is 9.52 Å². The van der Waals surface area contributed by atoms with Gasteiger partial charge in [-0.2, -0.15) is 0 Å². The van der Waals surface area contributed by atoms with Gasteiger partial charge in [-0.15, -0.1) is 0 Å². The van der Waals surface area contributed by atoms with Crippen LogP contribution in [0.25, 0.3) is 11.0 Å². The summed E-state index contributed by atoms with van der Waals surface area (Å²) >= 11 is 0. The van der Waals surface area contributed by atoms with Crippen molar-refractivity contribution >= 4 is 11.0 Å². The summed E-state index contributed by atoms with van der Waals surface area (Å²) in [4.78, 5) is 0. The molecule has 1 N–H and O–H groups in total. The molecule has 2 heteroatoms. The van der Waals surface area contributed by atoms with Crippen molar-refractivity contribution in [2.45, 2.75) is 13.0 Å². The number of rotatable bonds is 2. The maximum absolute atomic E-state index is 10.5. The second kappa shape index (κ2) is 4.31. The van der Waals surface area contributed by atoms with Crippen molar-refractivity contribution in [3.63, 3.8) is 0 Å². The minimum absolute atomic E-state index is 0.644. The highest BCUT2D eigenvalue weighted by Gasteiger charge is 2.17. The standard InChI is InChI=1S/C16H14O2/c1-11-6-2-3-7-12(11)16(17)14-10-18-15-9-5-4-8-13(14)15/h2-10,16-17H,1H3. The van der Waals surface area contributed by atoms with E-state index in [0.717, 1.165) is 27.7 Å². The summed E-state index contributed by atoms with van der Waals surface area (Å²) in [6.45, 7) is 2.00. The zero-order chi connectivity index (χ0) is 12.5. The van der Waals surface area contributed by atoms with Gasteiger partial charge in [-0.1, -0.05) is 42.5 Å². The number of aliphatic hydroxyl groups excluding tert-OH is 1. The average Bonchev–Trinajstić information content (AvgIpc) is 2.82. The molecular weight excluding hydrogens is 224 g/mol. The molecule has 0 bridgehead atoms. The molecule has 0 aliphatic rings. The van der Waals surface area contributed by atoms with Crippen molar-refractivity contribution in [3.8, 4) is 0 Å². The maximum Gasteiger partial charge on any atom is 0.134 e. The average molecular weight is 238 g/mol. The molecule has 18 heavy (non-hydrogen) atoms. The second-order valence-electron chi connectivity index (χ2n) is 4.45. The van der Waals surface area contributed by atoms with Gasteiger partial charge >= 0.3 is 0 Å². The van der Waals surface area contributed by atoms with Crippen molar-refractivity contribution in [2.75, 3.05) is 0 Å². The van der Waals surface area contributed by atoms with Crippen LogP contribution in [0.1, 0.15) is 22.8 Å². The number of para-hydroxylation sites is 1. The summed E-state index contributed by atoms with van der Waals surface area (Å²) in [6.07, 6.45) is 0.997. The van der Waals surface area contributed by atoms with Crippen molar-refractivity contribution < 1.29 is 9.52 Å². The zero-order valence-corrected chi connectivity index (χ0v) is 10.1. The summed E-state index contributed by atoms with van der Waals surface area (Å²) in [7, 11) is 0. The summed E-state index contributed by atoms with van der Waals surface area (Å²) in [5.74, 6) is 0. The molecule has 1 heterocycles. The third kappa shape index (κ3) is 1.71. The van der Waals surface area contributed by atoms with E-state index in [1.54, 1.807) is 6.26 Å². The second-order valence-corrected chi connectivity index (χ2v) is 4.45. The van der Waals surface area contributed by atoms with Crippen molar-refractivity contribution in [2.24, 2.45) is 0 Å². The number of aliphatic hydroxyl groups is 1. The molecule has 0 saturated heterocycles. The Balaban J connectivity index is 2.13. The lowest BCUT2D eigenvalue weighted by Gasteiger charge is -2.12. The predicted octanol–water partition coefficient (Wildman–Crippen LogP) is 3.82. The van der Waals surface area contributed by atoms with Crippen LogP contribution in [0.2, 0.25) is 0 Å². The van der Waals surface area contributed by atoms with E-state index in [4.69, 9.17) is 4.42 Å². The highest BCUT2D eigenvalue weighted by molar-refractivity contribution is 5.81. The molecular formula is C16H14O2. The van der Waals surface area contributed by atoms with Crippen LogP contribution in [0, 0.1) is 6.92 Å². The minimum Gasteiger partial charge on any atom is -0.464 e. The van der Waals surface area contributed by atoms with E-state index in [2.05, 4.69) is 0 Å². The van der Waals surface area contributed by atoms with Gasteiger partial charge in [0.05, 0.1) is 6.26 Å². The fourth-order valence-electron chi connectivity index (χ4n) is 2.27. The summed E-state index contributed by atoms with van der Waals surface area (Å²) in [5, 5.41) is 11.5. The van der Waals surface area contributed by atoms with Crippen LogP contribution in [-0.2, 0) is 0 Å². The van der Waals surface area contributed by atoms with Gasteiger partial charge in [0.15, 0.2) is 0 Å². The van der Waals surface area contributed by atoms with E-state index in [1.807, 2.05) is 55.5 Å². The number of benzene rings is 2. The Morgan fingerprint density at radius 2 is 1.67 bits per heavy atom. The molecule has 2 aromatic carbocycles. The molecule has 0 aliphatic heterocycles. The molecule has 0 saturated carbocycles. The lowest BCUT2D eigenvalue weighted by Crippen LogP contribution is -2.00. The Kier molecular flexibility index (Phi) is 2.65. The minimum atomic E-state index is -0.644. The third-order valence-electron chi connectivity index (χ3n) is 3.29. The molecule has 0 spiro atoms. The number of furan rings is 1. The highest BCUT2D eigenvalue weighted by Crippen LogP contribution is 2.31. The van der Waals surface area contributed by atoms with Gasteiger partial charge in [-0.3, -0.25) is 0 Å². The van der Waals surface area contributed by atoms with Crippen LogP contribution in [0.4, 0.5) is 0 Å². The van der Waals surface area contributed by atoms with Crippen LogP contribution in [0.5, 0.6) is 0 Å². The first-order valence-electron chi connectivity index (χ1n) is 5.97. The first-order chi connectivity index (χ1) is 8.77. The van der Waals surface area contributed by atoms with Crippen LogP contribution in [-0.4, -0.2) is 5.11 Å². The van der Waals surface area contributed by atoms with Crippen molar-refractivity contribution in [3.05, 3.63) is 71.5 Å². The molecule has 3 aromatic rings. The molecule has 90 valence electrons. The lowest BCUT2D eigenvalue weighted by atomic mass is 9.97. The molecule has 2 nitrogen and oxygen atoms in total. The first-order valence-corrected chi connectivity index (χ1v) is 5.97. The Morgan fingerprint density at radius 3 is 2.50 bits per heavy atom. The predicted molar refractivity (Wildman–Crippen MR) is 71.5 cm³/mol. The topological polar surface area (TPSA) is 33.4 Å². The zero-order valence-electron chi connectivity index (χ0n) is 10.1. The number of hydrogen-bond acceptors (Lipinski definition) is 2. The largest absolute Gasteiger partial charge is 0.464 e. The summed E-state index contributed by atoms with van der Waals surface area (Å²) in [6, 6.07) is 15.6. The molecule has 0 fully saturated rings. The molecule has 3 rings (SSSR count). The van der Waals surface area contributed by atoms with E-state index < -0.39 is 6.10 Å². The van der Waals surface area contributed by atoms with E-state index in [-0.39, 0.29) is 0 Å². The molecule has 0 amide bonds. The number of fused-ring (bicyclic) bond motifs is 1. The smallest absolute Gasteiger partial charge is 0.134 e. The van der Waals surface area contributed by atoms with Gasteiger partial charge in [-0.25, -0.2) is 0 Å². The van der Waals surface area contributed by atoms with Crippen molar-refractivity contribution in [1.29, 1.82) is 0 Å². The van der Waals surface area contributed by atoms with Gasteiger partial charge in [0.2, 0.25) is 0 Å². The summed E-state index contributed by atoms with van der Waals surface area (Å²) in [5.41, 5.74) is 3.62. The third-order valence-corrected chi connectivity index (χ3v) is 3.29. The van der Waals surface area contributed by atoms with Gasteiger partial charge in [0.25, 0.3) is 0 Å². The molecule has 0 radical (unpaired) electrons. The quantitative estimate of drug-likeness (QED) is 0.736. The van der Waals surface area contributed by atoms with Crippen LogP contribution < -0.4 is 0 Å². The van der Waals surface area contributed by atoms with E-state index in [9.17, 15) is 5.11 Å². The Bertz CT molecular complexity index is 682. The Morgan fingerprint density at radius 1 is 0.944 bits per heavy atom. The molecule has 1 unspecified atom stereocenters. The number of aryl methyl sites for hydroxylation is 1. The Labute approximate surface area is 105 Å². The van der Waals surface area contributed by atoms with E-state index in [1.165, 1.54) is 0 Å². The fourth-order valence-corrected chi connectivity index (χ4v) is 2.27. The van der Waals surface area contributed by atoms with E-state index in [0.29, 0.717) is 0 Å². The molecule has 0 aliphatic carbocycles. The van der Waals surface area contributed by atoms with E-state index >= 15 is 0 Å².